The van der Waals surface area contributed by atoms with Crippen molar-refractivity contribution in [2.45, 2.75) is 26.3 Å². The number of hydrogen-bond acceptors (Lipinski definition) is 4. The van der Waals surface area contributed by atoms with Crippen LogP contribution in [0.5, 0.6) is 0 Å². The summed E-state index contributed by atoms with van der Waals surface area (Å²) in [6, 6.07) is 7.83. The number of hydrogen-bond donors (Lipinski definition) is 1. The normalized spacial score (nSPS) is 10.5. The minimum absolute atomic E-state index is 0.683. The fourth-order valence-electron chi connectivity index (χ4n) is 1.68. The predicted molar refractivity (Wildman–Crippen MR) is 71.1 cm³/mol. The van der Waals surface area contributed by atoms with Gasteiger partial charge in [0.25, 0.3) is 0 Å². The van der Waals surface area contributed by atoms with Crippen molar-refractivity contribution in [1.82, 2.24) is 20.3 Å². The Morgan fingerprint density at radius 2 is 2.00 bits per heavy atom. The molecular formula is C14H18N4. The molecule has 0 amide bonds. The van der Waals surface area contributed by atoms with Gasteiger partial charge >= 0.3 is 0 Å². The second-order valence-electron chi connectivity index (χ2n) is 4.14. The van der Waals surface area contributed by atoms with E-state index in [1.165, 1.54) is 0 Å². The van der Waals surface area contributed by atoms with Crippen molar-refractivity contribution in [3.8, 4) is 0 Å². The Morgan fingerprint density at radius 3 is 2.78 bits per heavy atom. The van der Waals surface area contributed by atoms with Crippen molar-refractivity contribution >= 4 is 0 Å². The SMILES string of the molecule is CCCNCc1ccnc(Cc2ccccn2)n1. The molecule has 2 heterocycles. The van der Waals surface area contributed by atoms with Crippen LogP contribution in [0.3, 0.4) is 0 Å². The van der Waals surface area contributed by atoms with Crippen LogP contribution in [0, 0.1) is 0 Å². The van der Waals surface area contributed by atoms with Crippen LogP contribution in [0.25, 0.3) is 0 Å². The van der Waals surface area contributed by atoms with E-state index in [4.69, 9.17) is 0 Å². The number of aromatic nitrogens is 3. The van der Waals surface area contributed by atoms with Crippen LogP contribution < -0.4 is 5.32 Å². The molecule has 18 heavy (non-hydrogen) atoms. The monoisotopic (exact) mass is 242 g/mol. The van der Waals surface area contributed by atoms with Gasteiger partial charge in [-0.15, -0.1) is 0 Å². The van der Waals surface area contributed by atoms with E-state index >= 15 is 0 Å². The Kier molecular flexibility index (Phi) is 4.78. The van der Waals surface area contributed by atoms with E-state index in [1.807, 2.05) is 30.5 Å². The Morgan fingerprint density at radius 1 is 1.06 bits per heavy atom. The van der Waals surface area contributed by atoms with E-state index in [0.29, 0.717) is 6.42 Å². The minimum atomic E-state index is 0.683. The third-order valence-electron chi connectivity index (χ3n) is 2.56. The van der Waals surface area contributed by atoms with Crippen molar-refractivity contribution in [3.05, 3.63) is 53.9 Å². The quantitative estimate of drug-likeness (QED) is 0.787. The second kappa shape index (κ2) is 6.81. The molecule has 0 saturated heterocycles. The first-order valence-corrected chi connectivity index (χ1v) is 6.30. The number of pyridine rings is 1. The second-order valence-corrected chi connectivity index (χ2v) is 4.14. The van der Waals surface area contributed by atoms with Crippen LogP contribution in [-0.4, -0.2) is 21.5 Å². The van der Waals surface area contributed by atoms with Crippen molar-refractivity contribution in [2.75, 3.05) is 6.54 Å². The maximum atomic E-state index is 4.53. The summed E-state index contributed by atoms with van der Waals surface area (Å²) in [6.07, 6.45) is 5.42. The summed E-state index contributed by atoms with van der Waals surface area (Å²) in [7, 11) is 0. The zero-order chi connectivity index (χ0) is 12.6. The molecule has 0 radical (unpaired) electrons. The van der Waals surface area contributed by atoms with E-state index in [2.05, 4.69) is 27.2 Å². The van der Waals surface area contributed by atoms with Crippen molar-refractivity contribution in [3.63, 3.8) is 0 Å². The third-order valence-corrected chi connectivity index (χ3v) is 2.56. The predicted octanol–water partition coefficient (Wildman–Crippen LogP) is 1.96. The average Bonchev–Trinajstić information content (AvgIpc) is 2.41. The summed E-state index contributed by atoms with van der Waals surface area (Å²) in [5, 5.41) is 3.34. The summed E-state index contributed by atoms with van der Waals surface area (Å²) in [5.41, 5.74) is 2.03. The van der Waals surface area contributed by atoms with E-state index in [1.54, 1.807) is 6.20 Å². The van der Waals surface area contributed by atoms with E-state index in [0.717, 1.165) is 36.7 Å². The molecule has 4 heteroatoms. The molecule has 2 aromatic rings. The average molecular weight is 242 g/mol. The van der Waals surface area contributed by atoms with Crippen molar-refractivity contribution in [2.24, 2.45) is 0 Å². The minimum Gasteiger partial charge on any atom is -0.311 e. The lowest BCUT2D eigenvalue weighted by molar-refractivity contribution is 0.659. The smallest absolute Gasteiger partial charge is 0.134 e. The fourth-order valence-corrected chi connectivity index (χ4v) is 1.68. The Bertz CT molecular complexity index is 470. The molecule has 0 saturated carbocycles. The van der Waals surface area contributed by atoms with Gasteiger partial charge in [0.2, 0.25) is 0 Å². The highest BCUT2D eigenvalue weighted by Gasteiger charge is 2.01. The molecule has 0 aliphatic rings. The molecular weight excluding hydrogens is 224 g/mol. The van der Waals surface area contributed by atoms with Crippen LogP contribution >= 0.6 is 0 Å². The standard InChI is InChI=1S/C14H18N4/c1-2-7-15-11-13-6-9-17-14(18-13)10-12-5-3-4-8-16-12/h3-6,8-9,15H,2,7,10-11H2,1H3. The van der Waals surface area contributed by atoms with Crippen LogP contribution in [0.15, 0.2) is 36.7 Å². The molecule has 0 aliphatic carbocycles. The van der Waals surface area contributed by atoms with Crippen LogP contribution in [0.4, 0.5) is 0 Å². The fraction of sp³-hybridized carbons (Fsp3) is 0.357. The lowest BCUT2D eigenvalue weighted by Crippen LogP contribution is -2.15. The molecule has 0 atom stereocenters. The summed E-state index contributed by atoms with van der Waals surface area (Å²) < 4.78 is 0. The first-order chi connectivity index (χ1) is 8.88. The summed E-state index contributed by atoms with van der Waals surface area (Å²) in [5.74, 6) is 0.824. The first kappa shape index (κ1) is 12.6. The van der Waals surface area contributed by atoms with Crippen LogP contribution in [0.1, 0.15) is 30.6 Å². The molecule has 2 aromatic heterocycles. The number of nitrogens with one attached hydrogen (secondary N) is 1. The first-order valence-electron chi connectivity index (χ1n) is 6.30. The highest BCUT2D eigenvalue weighted by molar-refractivity contribution is 5.11. The summed E-state index contributed by atoms with van der Waals surface area (Å²) in [4.78, 5) is 13.1. The van der Waals surface area contributed by atoms with E-state index < -0.39 is 0 Å². The molecule has 0 spiro atoms. The number of nitrogens with zero attached hydrogens (tertiary/aromatic N) is 3. The lowest BCUT2D eigenvalue weighted by Gasteiger charge is -2.04. The van der Waals surface area contributed by atoms with Gasteiger partial charge in [-0.05, 0) is 31.2 Å². The Balaban J connectivity index is 1.99. The van der Waals surface area contributed by atoms with Crippen molar-refractivity contribution in [1.29, 1.82) is 0 Å². The van der Waals surface area contributed by atoms with Gasteiger partial charge in [-0.3, -0.25) is 4.98 Å². The molecule has 0 fully saturated rings. The van der Waals surface area contributed by atoms with Crippen LogP contribution in [-0.2, 0) is 13.0 Å². The zero-order valence-electron chi connectivity index (χ0n) is 10.6. The largest absolute Gasteiger partial charge is 0.311 e. The topological polar surface area (TPSA) is 50.7 Å². The van der Waals surface area contributed by atoms with Gasteiger partial charge in [-0.25, -0.2) is 9.97 Å². The molecule has 0 bridgehead atoms. The molecule has 1 N–H and O–H groups in total. The van der Waals surface area contributed by atoms with Crippen molar-refractivity contribution < 1.29 is 0 Å². The third kappa shape index (κ3) is 3.89. The van der Waals surface area contributed by atoms with Gasteiger partial charge in [-0.1, -0.05) is 13.0 Å². The van der Waals surface area contributed by atoms with Gasteiger partial charge in [-0.2, -0.15) is 0 Å². The summed E-state index contributed by atoms with van der Waals surface area (Å²) >= 11 is 0. The molecule has 0 aromatic carbocycles. The molecule has 0 unspecified atom stereocenters. The Labute approximate surface area is 108 Å². The molecule has 0 aliphatic heterocycles. The van der Waals surface area contributed by atoms with Gasteiger partial charge in [0.05, 0.1) is 12.1 Å². The summed E-state index contributed by atoms with van der Waals surface area (Å²) in [6.45, 7) is 3.96. The van der Waals surface area contributed by atoms with Gasteiger partial charge < -0.3 is 5.32 Å². The van der Waals surface area contributed by atoms with Gasteiger partial charge in [0, 0.05) is 24.6 Å². The molecule has 2 rings (SSSR count). The lowest BCUT2D eigenvalue weighted by atomic mass is 10.2. The highest BCUT2D eigenvalue weighted by Crippen LogP contribution is 2.02. The highest BCUT2D eigenvalue weighted by atomic mass is 14.9. The van der Waals surface area contributed by atoms with E-state index in [9.17, 15) is 0 Å². The maximum absolute atomic E-state index is 4.53. The molecule has 4 nitrogen and oxygen atoms in total. The zero-order valence-corrected chi connectivity index (χ0v) is 10.6. The maximum Gasteiger partial charge on any atom is 0.134 e. The van der Waals surface area contributed by atoms with Crippen LogP contribution in [0.2, 0.25) is 0 Å². The van der Waals surface area contributed by atoms with E-state index in [-0.39, 0.29) is 0 Å². The van der Waals surface area contributed by atoms with Gasteiger partial charge in [0.1, 0.15) is 5.82 Å². The van der Waals surface area contributed by atoms with Gasteiger partial charge in [0.15, 0.2) is 0 Å². The number of rotatable bonds is 6. The molecule has 94 valence electrons. The Hall–Kier alpha value is -1.81.